The first-order chi connectivity index (χ1) is 7.38. The zero-order valence-electron chi connectivity index (χ0n) is 8.53. The first kappa shape index (κ1) is 8.60. The maximum Gasteiger partial charge on any atom is 0.0992 e. The molecule has 1 unspecified atom stereocenters. The van der Waals surface area contributed by atoms with E-state index in [1.165, 1.54) is 24.2 Å². The minimum absolute atomic E-state index is 0.631. The lowest BCUT2D eigenvalue weighted by Crippen LogP contribution is -2.39. The van der Waals surface area contributed by atoms with Crippen molar-refractivity contribution < 1.29 is 0 Å². The molecule has 1 aromatic rings. The summed E-state index contributed by atoms with van der Waals surface area (Å²) in [6.07, 6.45) is 2.53. The fraction of sp³-hybridized carbons (Fsp3) is 0.417. The molecule has 0 saturated carbocycles. The van der Waals surface area contributed by atoms with E-state index in [4.69, 9.17) is 5.26 Å². The van der Waals surface area contributed by atoms with E-state index in [1.807, 2.05) is 18.2 Å². The molecule has 0 spiro atoms. The van der Waals surface area contributed by atoms with Gasteiger partial charge in [-0.05, 0) is 31.0 Å². The van der Waals surface area contributed by atoms with Gasteiger partial charge in [-0.15, -0.1) is 0 Å². The highest BCUT2D eigenvalue weighted by atomic mass is 15.2. The molecule has 0 bridgehead atoms. The third-order valence-electron chi connectivity index (χ3n) is 3.34. The van der Waals surface area contributed by atoms with Crippen molar-refractivity contribution >= 4 is 11.4 Å². The Kier molecular flexibility index (Phi) is 1.81. The Balaban J connectivity index is 2.07. The molecule has 3 heteroatoms. The smallest absolute Gasteiger partial charge is 0.0992 e. The number of nitrogens with zero attached hydrogens (tertiary/aromatic N) is 2. The zero-order valence-corrected chi connectivity index (χ0v) is 8.53. The molecule has 0 amide bonds. The van der Waals surface area contributed by atoms with Crippen LogP contribution in [0.5, 0.6) is 0 Å². The Morgan fingerprint density at radius 3 is 3.27 bits per heavy atom. The van der Waals surface area contributed by atoms with Crippen LogP contribution in [0.4, 0.5) is 11.4 Å². The van der Waals surface area contributed by atoms with Crippen LogP contribution in [0.1, 0.15) is 18.4 Å². The Bertz CT molecular complexity index is 433. The number of hydrogen-bond acceptors (Lipinski definition) is 3. The van der Waals surface area contributed by atoms with Gasteiger partial charge in [0, 0.05) is 19.1 Å². The van der Waals surface area contributed by atoms with Gasteiger partial charge in [-0.1, -0.05) is 0 Å². The summed E-state index contributed by atoms with van der Waals surface area (Å²) in [5.41, 5.74) is 3.14. The van der Waals surface area contributed by atoms with Gasteiger partial charge in [0.15, 0.2) is 0 Å². The van der Waals surface area contributed by atoms with E-state index in [1.54, 1.807) is 0 Å². The van der Waals surface area contributed by atoms with Crippen molar-refractivity contribution in [1.82, 2.24) is 0 Å². The minimum atomic E-state index is 0.631. The predicted molar refractivity (Wildman–Crippen MR) is 60.0 cm³/mol. The lowest BCUT2D eigenvalue weighted by atomic mass is 10.1. The summed E-state index contributed by atoms with van der Waals surface area (Å²) < 4.78 is 0. The van der Waals surface area contributed by atoms with Gasteiger partial charge in [0.1, 0.15) is 0 Å². The molecule has 1 atom stereocenters. The van der Waals surface area contributed by atoms with Crippen molar-refractivity contribution in [2.75, 3.05) is 23.3 Å². The summed E-state index contributed by atoms with van der Waals surface area (Å²) in [6, 6.07) is 8.73. The summed E-state index contributed by atoms with van der Waals surface area (Å²) in [7, 11) is 0. The van der Waals surface area contributed by atoms with Crippen molar-refractivity contribution in [3.05, 3.63) is 23.8 Å². The van der Waals surface area contributed by atoms with Crippen LogP contribution in [0.15, 0.2) is 18.2 Å². The van der Waals surface area contributed by atoms with E-state index in [0.29, 0.717) is 6.04 Å². The molecule has 0 aromatic heterocycles. The lowest BCUT2D eigenvalue weighted by molar-refractivity contribution is 0.683. The van der Waals surface area contributed by atoms with Crippen LogP contribution < -0.4 is 10.2 Å². The summed E-state index contributed by atoms with van der Waals surface area (Å²) >= 11 is 0. The largest absolute Gasteiger partial charge is 0.381 e. The van der Waals surface area contributed by atoms with E-state index in [2.05, 4.69) is 16.3 Å². The molecule has 0 radical (unpaired) electrons. The number of nitrogens with one attached hydrogen (secondary N) is 1. The van der Waals surface area contributed by atoms with Crippen LogP contribution >= 0.6 is 0 Å². The standard InChI is InChI=1S/C12H13N3/c13-7-9-3-4-11-12(6-9)15-5-1-2-10(15)8-14-11/h3-4,6,10,14H,1-2,5,8H2. The van der Waals surface area contributed by atoms with Crippen LogP contribution in [-0.2, 0) is 0 Å². The molecule has 1 fully saturated rings. The fourth-order valence-corrected chi connectivity index (χ4v) is 2.58. The molecule has 1 aromatic carbocycles. The molecule has 3 rings (SSSR count). The van der Waals surface area contributed by atoms with E-state index in [0.717, 1.165) is 18.7 Å². The molecule has 2 aliphatic heterocycles. The quantitative estimate of drug-likeness (QED) is 0.694. The minimum Gasteiger partial charge on any atom is -0.381 e. The van der Waals surface area contributed by atoms with Crippen molar-refractivity contribution in [3.63, 3.8) is 0 Å². The average Bonchev–Trinajstić information content (AvgIpc) is 2.76. The van der Waals surface area contributed by atoms with E-state index < -0.39 is 0 Å². The highest BCUT2D eigenvalue weighted by Gasteiger charge is 2.29. The van der Waals surface area contributed by atoms with Crippen LogP contribution in [0.25, 0.3) is 0 Å². The predicted octanol–water partition coefficient (Wildman–Crippen LogP) is 1.95. The van der Waals surface area contributed by atoms with Gasteiger partial charge >= 0.3 is 0 Å². The summed E-state index contributed by atoms with van der Waals surface area (Å²) in [4.78, 5) is 2.44. The normalized spacial score (nSPS) is 22.6. The van der Waals surface area contributed by atoms with Crippen molar-refractivity contribution in [3.8, 4) is 6.07 Å². The first-order valence-corrected chi connectivity index (χ1v) is 5.43. The number of nitriles is 1. The van der Waals surface area contributed by atoms with Crippen molar-refractivity contribution in [1.29, 1.82) is 5.26 Å². The Hall–Kier alpha value is -1.69. The van der Waals surface area contributed by atoms with Gasteiger partial charge in [0.2, 0.25) is 0 Å². The molecule has 0 aliphatic carbocycles. The number of anilines is 2. The van der Waals surface area contributed by atoms with Crippen LogP contribution in [0.2, 0.25) is 0 Å². The van der Waals surface area contributed by atoms with Crippen LogP contribution in [0, 0.1) is 11.3 Å². The summed E-state index contributed by atoms with van der Waals surface area (Å²) in [6.45, 7) is 2.17. The second-order valence-electron chi connectivity index (χ2n) is 4.21. The molecule has 2 aliphatic rings. The van der Waals surface area contributed by atoms with Crippen molar-refractivity contribution in [2.45, 2.75) is 18.9 Å². The lowest BCUT2D eigenvalue weighted by Gasteiger charge is -2.34. The average molecular weight is 199 g/mol. The SMILES string of the molecule is N#Cc1ccc2c(c1)N1CCCC1CN2. The molecule has 15 heavy (non-hydrogen) atoms. The van der Waals surface area contributed by atoms with Gasteiger partial charge in [-0.3, -0.25) is 0 Å². The molecule has 1 saturated heterocycles. The van der Waals surface area contributed by atoms with Gasteiger partial charge < -0.3 is 10.2 Å². The van der Waals surface area contributed by atoms with E-state index in [9.17, 15) is 0 Å². The van der Waals surface area contributed by atoms with Gasteiger partial charge in [-0.2, -0.15) is 5.26 Å². The third kappa shape index (κ3) is 1.25. The van der Waals surface area contributed by atoms with Crippen LogP contribution in [0.3, 0.4) is 0 Å². The molecule has 3 nitrogen and oxygen atoms in total. The van der Waals surface area contributed by atoms with Crippen LogP contribution in [-0.4, -0.2) is 19.1 Å². The van der Waals surface area contributed by atoms with Gasteiger partial charge in [0.05, 0.1) is 23.0 Å². The maximum absolute atomic E-state index is 8.89. The Morgan fingerprint density at radius 2 is 2.40 bits per heavy atom. The Morgan fingerprint density at radius 1 is 1.47 bits per heavy atom. The van der Waals surface area contributed by atoms with E-state index in [-0.39, 0.29) is 0 Å². The second kappa shape index (κ2) is 3.16. The molecule has 1 N–H and O–H groups in total. The highest BCUT2D eigenvalue weighted by molar-refractivity contribution is 5.74. The fourth-order valence-electron chi connectivity index (χ4n) is 2.58. The molecular weight excluding hydrogens is 186 g/mol. The third-order valence-corrected chi connectivity index (χ3v) is 3.34. The Labute approximate surface area is 89.3 Å². The zero-order chi connectivity index (χ0) is 10.3. The summed E-state index contributed by atoms with van der Waals surface area (Å²) in [5.74, 6) is 0. The number of hydrogen-bond donors (Lipinski definition) is 1. The molecular formula is C12H13N3. The van der Waals surface area contributed by atoms with Gasteiger partial charge in [0.25, 0.3) is 0 Å². The summed E-state index contributed by atoms with van der Waals surface area (Å²) in [5, 5.41) is 12.3. The van der Waals surface area contributed by atoms with Gasteiger partial charge in [-0.25, -0.2) is 0 Å². The maximum atomic E-state index is 8.89. The monoisotopic (exact) mass is 199 g/mol. The van der Waals surface area contributed by atoms with Crippen molar-refractivity contribution in [2.24, 2.45) is 0 Å². The number of benzene rings is 1. The van der Waals surface area contributed by atoms with E-state index >= 15 is 0 Å². The first-order valence-electron chi connectivity index (χ1n) is 5.43. The molecule has 76 valence electrons. The topological polar surface area (TPSA) is 39.1 Å². The number of fused-ring (bicyclic) bond motifs is 3. The number of rotatable bonds is 0. The molecule has 2 heterocycles. The highest BCUT2D eigenvalue weighted by Crippen LogP contribution is 2.36. The second-order valence-corrected chi connectivity index (χ2v) is 4.21.